The molecule has 2 aliphatic rings. The smallest absolute Gasteiger partial charge is 0.326 e. The Morgan fingerprint density at radius 3 is 2.33 bits per heavy atom. The van der Waals surface area contributed by atoms with Gasteiger partial charge in [0.25, 0.3) is 0 Å². The molecule has 1 N–H and O–H groups in total. The van der Waals surface area contributed by atoms with Crippen molar-refractivity contribution in [2.24, 2.45) is 11.8 Å². The van der Waals surface area contributed by atoms with Crippen molar-refractivity contribution in [2.45, 2.75) is 32.4 Å². The Labute approximate surface area is 159 Å². The van der Waals surface area contributed by atoms with Crippen molar-refractivity contribution in [3.05, 3.63) is 29.8 Å². The minimum Gasteiger partial charge on any atom is -0.465 e. The zero-order valence-electron chi connectivity index (χ0n) is 16.5. The first-order valence-electron chi connectivity index (χ1n) is 9.33. The zero-order valence-corrected chi connectivity index (χ0v) is 16.5. The SMILES string of the molecule is CCOC(=O)[C@]1(C)N[C@@H](c2ccc(N(C)C)cc2)[C@@H]2C(=O)N(CC)C(=O)[C@H]21. The van der Waals surface area contributed by atoms with Crippen molar-refractivity contribution in [1.29, 1.82) is 0 Å². The number of ether oxygens (including phenoxy) is 1. The van der Waals surface area contributed by atoms with Crippen LogP contribution in [-0.2, 0) is 19.1 Å². The average Bonchev–Trinajstić information content (AvgIpc) is 3.09. The summed E-state index contributed by atoms with van der Waals surface area (Å²) in [5.41, 5.74) is 0.676. The van der Waals surface area contributed by atoms with Gasteiger partial charge in [-0.15, -0.1) is 0 Å². The van der Waals surface area contributed by atoms with Crippen LogP contribution in [-0.4, -0.2) is 55.5 Å². The number of hydrogen-bond acceptors (Lipinski definition) is 6. The van der Waals surface area contributed by atoms with Crippen LogP contribution < -0.4 is 10.2 Å². The van der Waals surface area contributed by atoms with Crippen molar-refractivity contribution in [1.82, 2.24) is 10.2 Å². The normalized spacial score (nSPS) is 29.8. The number of amides is 2. The summed E-state index contributed by atoms with van der Waals surface area (Å²) in [6.07, 6.45) is 0. The van der Waals surface area contributed by atoms with E-state index >= 15 is 0 Å². The molecule has 0 aromatic heterocycles. The highest BCUT2D eigenvalue weighted by molar-refractivity contribution is 6.09. The largest absolute Gasteiger partial charge is 0.465 e. The molecule has 3 rings (SSSR count). The third kappa shape index (κ3) is 2.90. The molecule has 0 saturated carbocycles. The summed E-state index contributed by atoms with van der Waals surface area (Å²) in [5, 5.41) is 3.27. The molecule has 2 fully saturated rings. The predicted octanol–water partition coefficient (Wildman–Crippen LogP) is 1.34. The number of nitrogens with one attached hydrogen (secondary N) is 1. The fraction of sp³-hybridized carbons (Fsp3) is 0.550. The lowest BCUT2D eigenvalue weighted by Crippen LogP contribution is -2.54. The highest BCUT2D eigenvalue weighted by Crippen LogP contribution is 2.49. The fourth-order valence-electron chi connectivity index (χ4n) is 4.25. The molecule has 146 valence electrons. The van der Waals surface area contributed by atoms with Crippen molar-refractivity contribution >= 4 is 23.5 Å². The molecule has 7 heteroatoms. The number of fused-ring (bicyclic) bond motifs is 1. The summed E-state index contributed by atoms with van der Waals surface area (Å²) in [6, 6.07) is 7.38. The molecule has 27 heavy (non-hydrogen) atoms. The molecule has 0 bridgehead atoms. The van der Waals surface area contributed by atoms with Gasteiger partial charge in [0.2, 0.25) is 11.8 Å². The molecule has 2 saturated heterocycles. The van der Waals surface area contributed by atoms with Gasteiger partial charge in [-0.25, -0.2) is 0 Å². The molecule has 4 atom stereocenters. The number of carbonyl (C=O) groups excluding carboxylic acids is 3. The average molecular weight is 373 g/mol. The van der Waals surface area contributed by atoms with Gasteiger partial charge >= 0.3 is 5.97 Å². The second-order valence-electron chi connectivity index (χ2n) is 7.45. The molecular formula is C20H27N3O4. The quantitative estimate of drug-likeness (QED) is 0.620. The minimum atomic E-state index is -1.23. The Morgan fingerprint density at radius 2 is 1.81 bits per heavy atom. The minimum absolute atomic E-state index is 0.218. The summed E-state index contributed by atoms with van der Waals surface area (Å²) < 4.78 is 5.23. The molecule has 2 heterocycles. The van der Waals surface area contributed by atoms with Crippen LogP contribution in [0.2, 0.25) is 0 Å². The maximum absolute atomic E-state index is 13.0. The number of rotatable bonds is 5. The number of esters is 1. The monoisotopic (exact) mass is 373 g/mol. The molecule has 2 aliphatic heterocycles. The fourth-order valence-corrected chi connectivity index (χ4v) is 4.25. The third-order valence-electron chi connectivity index (χ3n) is 5.66. The van der Waals surface area contributed by atoms with Gasteiger partial charge in [0.05, 0.1) is 18.4 Å². The number of nitrogens with zero attached hydrogens (tertiary/aromatic N) is 2. The Bertz CT molecular complexity index is 761. The lowest BCUT2D eigenvalue weighted by molar-refractivity contribution is -0.155. The van der Waals surface area contributed by atoms with Gasteiger partial charge in [0.15, 0.2) is 0 Å². The van der Waals surface area contributed by atoms with Crippen LogP contribution >= 0.6 is 0 Å². The third-order valence-corrected chi connectivity index (χ3v) is 5.66. The van der Waals surface area contributed by atoms with E-state index in [0.29, 0.717) is 6.54 Å². The molecule has 0 unspecified atom stereocenters. The van der Waals surface area contributed by atoms with E-state index in [1.54, 1.807) is 20.8 Å². The first-order valence-corrected chi connectivity index (χ1v) is 9.33. The van der Waals surface area contributed by atoms with Crippen LogP contribution in [0.15, 0.2) is 24.3 Å². The summed E-state index contributed by atoms with van der Waals surface area (Å²) >= 11 is 0. The second kappa shape index (κ2) is 6.96. The molecular weight excluding hydrogens is 346 g/mol. The topological polar surface area (TPSA) is 79.0 Å². The number of likely N-dealkylation sites (tertiary alicyclic amines) is 1. The molecule has 7 nitrogen and oxygen atoms in total. The Morgan fingerprint density at radius 1 is 1.19 bits per heavy atom. The van der Waals surface area contributed by atoms with Crippen LogP contribution in [0.5, 0.6) is 0 Å². The molecule has 0 spiro atoms. The Hall–Kier alpha value is -2.41. The van der Waals surface area contributed by atoms with E-state index < -0.39 is 29.4 Å². The van der Waals surface area contributed by atoms with Gasteiger partial charge in [-0.2, -0.15) is 0 Å². The summed E-state index contributed by atoms with van der Waals surface area (Å²) in [4.78, 5) is 41.8. The van der Waals surface area contributed by atoms with Crippen LogP contribution in [0.3, 0.4) is 0 Å². The van der Waals surface area contributed by atoms with Gasteiger partial charge in [-0.05, 0) is 38.5 Å². The van der Waals surface area contributed by atoms with Crippen molar-refractivity contribution in [3.8, 4) is 0 Å². The number of carbonyl (C=O) groups is 3. The number of imide groups is 1. The summed E-state index contributed by atoms with van der Waals surface area (Å²) in [7, 11) is 3.91. The van der Waals surface area contributed by atoms with Crippen molar-refractivity contribution in [2.75, 3.05) is 32.1 Å². The molecule has 1 aromatic rings. The highest BCUT2D eigenvalue weighted by atomic mass is 16.5. The molecule has 0 aliphatic carbocycles. The van der Waals surface area contributed by atoms with Gasteiger partial charge in [0, 0.05) is 32.4 Å². The Kier molecular flexibility index (Phi) is 4.99. The van der Waals surface area contributed by atoms with Crippen molar-refractivity contribution < 1.29 is 19.1 Å². The van der Waals surface area contributed by atoms with E-state index in [2.05, 4.69) is 5.32 Å². The maximum Gasteiger partial charge on any atom is 0.326 e. The van der Waals surface area contributed by atoms with E-state index in [0.717, 1.165) is 11.3 Å². The van der Waals surface area contributed by atoms with Gasteiger partial charge < -0.3 is 9.64 Å². The lowest BCUT2D eigenvalue weighted by Gasteiger charge is -2.29. The van der Waals surface area contributed by atoms with E-state index in [1.807, 2.05) is 43.3 Å². The summed E-state index contributed by atoms with van der Waals surface area (Å²) in [5.74, 6) is -2.40. The summed E-state index contributed by atoms with van der Waals surface area (Å²) in [6.45, 7) is 5.68. The maximum atomic E-state index is 13.0. The van der Waals surface area contributed by atoms with Crippen LogP contribution in [0.25, 0.3) is 0 Å². The first-order chi connectivity index (χ1) is 12.8. The van der Waals surface area contributed by atoms with Crippen LogP contribution in [0.4, 0.5) is 5.69 Å². The van der Waals surface area contributed by atoms with Crippen molar-refractivity contribution in [3.63, 3.8) is 0 Å². The molecule has 1 aromatic carbocycles. The van der Waals surface area contributed by atoms with E-state index in [4.69, 9.17) is 4.74 Å². The Balaban J connectivity index is 2.04. The van der Waals surface area contributed by atoms with Crippen LogP contribution in [0, 0.1) is 11.8 Å². The van der Waals surface area contributed by atoms with Gasteiger partial charge in [-0.1, -0.05) is 12.1 Å². The standard InChI is InChI=1S/C20H27N3O4/c1-6-23-17(24)14-15(18(23)25)20(3,19(26)27-7-2)21-16(14)12-8-10-13(11-9-12)22(4)5/h8-11,14-16,21H,6-7H2,1-5H3/t14-,15+,16+,20-/m1/s1. The molecule has 2 amide bonds. The van der Waals surface area contributed by atoms with E-state index in [1.165, 1.54) is 4.90 Å². The number of hydrogen-bond donors (Lipinski definition) is 1. The van der Waals surface area contributed by atoms with E-state index in [-0.39, 0.29) is 18.4 Å². The first kappa shape index (κ1) is 19.4. The molecule has 0 radical (unpaired) electrons. The second-order valence-corrected chi connectivity index (χ2v) is 7.45. The zero-order chi connectivity index (χ0) is 19.9. The number of benzene rings is 1. The van der Waals surface area contributed by atoms with Gasteiger partial charge in [-0.3, -0.25) is 24.6 Å². The number of anilines is 1. The van der Waals surface area contributed by atoms with Gasteiger partial charge in [0.1, 0.15) is 5.54 Å². The highest BCUT2D eigenvalue weighted by Gasteiger charge is 2.66. The lowest BCUT2D eigenvalue weighted by atomic mass is 9.80. The van der Waals surface area contributed by atoms with Crippen LogP contribution in [0.1, 0.15) is 32.4 Å². The predicted molar refractivity (Wildman–Crippen MR) is 101 cm³/mol. The van der Waals surface area contributed by atoms with E-state index in [9.17, 15) is 14.4 Å².